The SMILES string of the molecule is NCc1ccccc1NC(=O)Nc1cc2ccccc2cc1C(=O)Nc1ccccc1. The molecule has 0 bridgehead atoms. The predicted molar refractivity (Wildman–Crippen MR) is 125 cm³/mol. The highest BCUT2D eigenvalue weighted by molar-refractivity contribution is 6.13. The van der Waals surface area contributed by atoms with E-state index in [9.17, 15) is 9.59 Å². The Morgan fingerprint density at radius 3 is 2.03 bits per heavy atom. The molecule has 0 atom stereocenters. The molecule has 0 radical (unpaired) electrons. The topological polar surface area (TPSA) is 96.2 Å². The van der Waals surface area contributed by atoms with Gasteiger partial charge in [0, 0.05) is 17.9 Å². The first-order chi connectivity index (χ1) is 15.1. The van der Waals surface area contributed by atoms with E-state index in [2.05, 4.69) is 16.0 Å². The Bertz CT molecular complexity index is 1240. The molecule has 0 fully saturated rings. The minimum Gasteiger partial charge on any atom is -0.326 e. The number of nitrogens with two attached hydrogens (primary N) is 1. The molecule has 3 amide bonds. The van der Waals surface area contributed by atoms with Gasteiger partial charge in [0.2, 0.25) is 0 Å². The molecule has 154 valence electrons. The highest BCUT2D eigenvalue weighted by Crippen LogP contribution is 2.26. The number of benzene rings is 4. The van der Waals surface area contributed by atoms with Gasteiger partial charge in [-0.05, 0) is 46.7 Å². The van der Waals surface area contributed by atoms with Gasteiger partial charge in [-0.3, -0.25) is 4.79 Å². The van der Waals surface area contributed by atoms with Gasteiger partial charge in [0.15, 0.2) is 0 Å². The number of urea groups is 1. The maximum atomic E-state index is 13.0. The van der Waals surface area contributed by atoms with Gasteiger partial charge in [0.25, 0.3) is 5.91 Å². The molecule has 6 nitrogen and oxygen atoms in total. The van der Waals surface area contributed by atoms with Gasteiger partial charge in [-0.2, -0.15) is 0 Å². The largest absolute Gasteiger partial charge is 0.326 e. The van der Waals surface area contributed by atoms with Gasteiger partial charge in [0.05, 0.1) is 11.3 Å². The van der Waals surface area contributed by atoms with E-state index in [1.165, 1.54) is 0 Å². The lowest BCUT2D eigenvalue weighted by Crippen LogP contribution is -2.23. The molecule has 31 heavy (non-hydrogen) atoms. The van der Waals surface area contributed by atoms with E-state index in [-0.39, 0.29) is 5.91 Å². The smallest absolute Gasteiger partial charge is 0.323 e. The number of rotatable bonds is 5. The van der Waals surface area contributed by atoms with E-state index in [0.29, 0.717) is 29.2 Å². The van der Waals surface area contributed by atoms with E-state index in [0.717, 1.165) is 16.3 Å². The molecule has 0 aliphatic rings. The summed E-state index contributed by atoms with van der Waals surface area (Å²) in [5.74, 6) is -0.311. The third-order valence-electron chi connectivity index (χ3n) is 4.90. The highest BCUT2D eigenvalue weighted by atomic mass is 16.2. The Hall–Kier alpha value is -4.16. The molecular formula is C25H22N4O2. The van der Waals surface area contributed by atoms with Crippen molar-refractivity contribution in [1.82, 2.24) is 0 Å². The number of hydrogen-bond donors (Lipinski definition) is 4. The third-order valence-corrected chi connectivity index (χ3v) is 4.90. The highest BCUT2D eigenvalue weighted by Gasteiger charge is 2.16. The minimum atomic E-state index is -0.454. The van der Waals surface area contributed by atoms with Crippen molar-refractivity contribution >= 4 is 39.8 Å². The summed E-state index contributed by atoms with van der Waals surface area (Å²) in [5, 5.41) is 10.3. The van der Waals surface area contributed by atoms with E-state index < -0.39 is 6.03 Å². The van der Waals surface area contributed by atoms with Crippen molar-refractivity contribution in [3.8, 4) is 0 Å². The van der Waals surface area contributed by atoms with Gasteiger partial charge in [-0.15, -0.1) is 0 Å². The average molecular weight is 410 g/mol. The standard InChI is InChI=1S/C25H22N4O2/c26-16-19-10-6-7-13-22(19)28-25(31)29-23-15-18-9-5-4-8-17(18)14-21(23)24(30)27-20-11-2-1-3-12-20/h1-15H,16,26H2,(H,27,30)(H2,28,29,31). The fourth-order valence-electron chi connectivity index (χ4n) is 3.35. The first kappa shape index (κ1) is 20.1. The van der Waals surface area contributed by atoms with E-state index in [1.807, 2.05) is 72.8 Å². The van der Waals surface area contributed by atoms with Crippen molar-refractivity contribution in [2.75, 3.05) is 16.0 Å². The van der Waals surface area contributed by atoms with Gasteiger partial charge in [0.1, 0.15) is 0 Å². The molecule has 0 unspecified atom stereocenters. The maximum Gasteiger partial charge on any atom is 0.323 e. The Morgan fingerprint density at radius 1 is 0.677 bits per heavy atom. The average Bonchev–Trinajstić information content (AvgIpc) is 2.79. The molecule has 0 aliphatic heterocycles. The van der Waals surface area contributed by atoms with Crippen LogP contribution in [0.4, 0.5) is 21.9 Å². The Morgan fingerprint density at radius 2 is 1.29 bits per heavy atom. The second kappa shape index (κ2) is 9.11. The molecule has 0 heterocycles. The summed E-state index contributed by atoms with van der Waals surface area (Å²) >= 11 is 0. The van der Waals surface area contributed by atoms with E-state index in [1.54, 1.807) is 18.2 Å². The van der Waals surface area contributed by atoms with Crippen molar-refractivity contribution in [2.24, 2.45) is 5.73 Å². The van der Waals surface area contributed by atoms with Crippen LogP contribution >= 0.6 is 0 Å². The van der Waals surface area contributed by atoms with Crippen LogP contribution in [0.3, 0.4) is 0 Å². The summed E-state index contributed by atoms with van der Waals surface area (Å²) in [4.78, 5) is 25.7. The second-order valence-corrected chi connectivity index (χ2v) is 7.01. The monoisotopic (exact) mass is 410 g/mol. The molecule has 5 N–H and O–H groups in total. The van der Waals surface area contributed by atoms with Crippen LogP contribution in [0.5, 0.6) is 0 Å². The van der Waals surface area contributed by atoms with E-state index in [4.69, 9.17) is 5.73 Å². The number of hydrogen-bond acceptors (Lipinski definition) is 3. The number of carbonyl (C=O) groups excluding carboxylic acids is 2. The number of amides is 3. The van der Waals surface area contributed by atoms with Crippen molar-refractivity contribution in [2.45, 2.75) is 6.54 Å². The Balaban J connectivity index is 1.64. The summed E-state index contributed by atoms with van der Waals surface area (Å²) in [6.45, 7) is 0.303. The summed E-state index contributed by atoms with van der Waals surface area (Å²) in [7, 11) is 0. The molecule has 0 saturated heterocycles. The number of anilines is 3. The molecule has 0 aliphatic carbocycles. The zero-order chi connectivity index (χ0) is 21.6. The molecule has 4 rings (SSSR count). The Kier molecular flexibility index (Phi) is 5.91. The molecule has 4 aromatic rings. The number of para-hydroxylation sites is 2. The van der Waals surface area contributed by atoms with Crippen molar-refractivity contribution in [3.05, 3.63) is 102 Å². The predicted octanol–water partition coefficient (Wildman–Crippen LogP) is 5.19. The van der Waals surface area contributed by atoms with Crippen LogP contribution in [-0.2, 0) is 6.54 Å². The second-order valence-electron chi connectivity index (χ2n) is 7.01. The third kappa shape index (κ3) is 4.71. The summed E-state index contributed by atoms with van der Waals surface area (Å²) < 4.78 is 0. The molecule has 0 saturated carbocycles. The lowest BCUT2D eigenvalue weighted by molar-refractivity contribution is 0.102. The summed E-state index contributed by atoms with van der Waals surface area (Å²) in [6.07, 6.45) is 0. The van der Waals surface area contributed by atoms with Crippen LogP contribution in [0.15, 0.2) is 91.0 Å². The van der Waals surface area contributed by atoms with Gasteiger partial charge in [-0.1, -0.05) is 60.7 Å². The lowest BCUT2D eigenvalue weighted by Gasteiger charge is -2.15. The van der Waals surface area contributed by atoms with Gasteiger partial charge in [-0.25, -0.2) is 4.79 Å². The first-order valence-electron chi connectivity index (χ1n) is 9.89. The molecule has 4 aromatic carbocycles. The van der Waals surface area contributed by atoms with Crippen molar-refractivity contribution in [1.29, 1.82) is 0 Å². The molecule has 0 aromatic heterocycles. The summed E-state index contributed by atoms with van der Waals surface area (Å²) in [6, 6.07) is 27.3. The van der Waals surface area contributed by atoms with Crippen molar-refractivity contribution < 1.29 is 9.59 Å². The molecule has 0 spiro atoms. The van der Waals surface area contributed by atoms with Crippen molar-refractivity contribution in [3.63, 3.8) is 0 Å². The van der Waals surface area contributed by atoms with Gasteiger partial charge < -0.3 is 21.7 Å². The molecular weight excluding hydrogens is 388 g/mol. The Labute approximate surface area is 180 Å². The zero-order valence-corrected chi connectivity index (χ0v) is 16.8. The van der Waals surface area contributed by atoms with Crippen LogP contribution in [0, 0.1) is 0 Å². The lowest BCUT2D eigenvalue weighted by atomic mass is 10.0. The minimum absolute atomic E-state index is 0.303. The number of carbonyl (C=O) groups is 2. The molecule has 6 heteroatoms. The maximum absolute atomic E-state index is 13.0. The van der Waals surface area contributed by atoms with Gasteiger partial charge >= 0.3 is 6.03 Å². The summed E-state index contributed by atoms with van der Waals surface area (Å²) in [5.41, 5.74) is 8.65. The van der Waals surface area contributed by atoms with Crippen LogP contribution in [0.25, 0.3) is 10.8 Å². The zero-order valence-electron chi connectivity index (χ0n) is 16.8. The number of nitrogens with one attached hydrogen (secondary N) is 3. The quantitative estimate of drug-likeness (QED) is 0.364. The fraction of sp³-hybridized carbons (Fsp3) is 0.0400. The van der Waals surface area contributed by atoms with Crippen LogP contribution < -0.4 is 21.7 Å². The fourth-order valence-corrected chi connectivity index (χ4v) is 3.35. The van der Waals surface area contributed by atoms with Crippen LogP contribution in [0.2, 0.25) is 0 Å². The number of fused-ring (bicyclic) bond motifs is 1. The van der Waals surface area contributed by atoms with Crippen LogP contribution in [0.1, 0.15) is 15.9 Å². The van der Waals surface area contributed by atoms with Crippen LogP contribution in [-0.4, -0.2) is 11.9 Å². The normalized spacial score (nSPS) is 10.5. The van der Waals surface area contributed by atoms with E-state index >= 15 is 0 Å². The first-order valence-corrected chi connectivity index (χ1v) is 9.89.